The summed E-state index contributed by atoms with van der Waals surface area (Å²) in [6.45, 7) is 6.59. The summed E-state index contributed by atoms with van der Waals surface area (Å²) in [7, 11) is 0. The molecule has 1 saturated heterocycles. The Morgan fingerprint density at radius 2 is 1.88 bits per heavy atom. The zero-order valence-electron chi connectivity index (χ0n) is 10.8. The maximum absolute atomic E-state index is 11.9. The molecule has 0 bridgehead atoms. The number of carbonyl (C=O) groups is 2. The molecule has 1 rings (SSSR count). The highest BCUT2D eigenvalue weighted by Gasteiger charge is 2.31. The monoisotopic (exact) mass is 242 g/mol. The van der Waals surface area contributed by atoms with Gasteiger partial charge < -0.3 is 15.3 Å². The zero-order valence-corrected chi connectivity index (χ0v) is 10.8. The largest absolute Gasteiger partial charge is 0.480 e. The second kappa shape index (κ2) is 5.38. The second-order valence-electron chi connectivity index (χ2n) is 5.20. The fourth-order valence-corrected chi connectivity index (χ4v) is 1.94. The molecular formula is C12H22N2O3. The predicted octanol–water partition coefficient (Wildman–Crippen LogP) is 1.68. The number of amides is 2. The van der Waals surface area contributed by atoms with E-state index in [-0.39, 0.29) is 6.03 Å². The Labute approximate surface area is 102 Å². The number of rotatable bonds is 3. The molecule has 0 unspecified atom stereocenters. The number of likely N-dealkylation sites (tertiary alicyclic amines) is 1. The van der Waals surface area contributed by atoms with Crippen LogP contribution in [0.3, 0.4) is 0 Å². The molecule has 5 nitrogen and oxygen atoms in total. The van der Waals surface area contributed by atoms with Gasteiger partial charge in [-0.15, -0.1) is 0 Å². The lowest BCUT2D eigenvalue weighted by molar-refractivity contribution is -0.143. The van der Waals surface area contributed by atoms with Gasteiger partial charge in [0.25, 0.3) is 0 Å². The van der Waals surface area contributed by atoms with Gasteiger partial charge in [0.2, 0.25) is 0 Å². The maximum atomic E-state index is 11.9. The molecule has 0 aromatic rings. The number of carboxylic acid groups (broad SMARTS) is 1. The molecule has 0 aromatic heterocycles. The number of aliphatic carboxylic acids is 1. The minimum absolute atomic E-state index is 0.271. The topological polar surface area (TPSA) is 69.6 Å². The Morgan fingerprint density at radius 1 is 1.35 bits per heavy atom. The standard InChI is InChI=1S/C12H22N2O3/c1-4-9-5-7-14(8-6-9)11(17)13-12(2,3)10(15)16/h9H,4-8H2,1-3H3,(H,13,17)(H,15,16). The molecule has 1 aliphatic heterocycles. The van der Waals surface area contributed by atoms with Crippen molar-refractivity contribution in [3.8, 4) is 0 Å². The molecule has 0 aliphatic carbocycles. The summed E-state index contributed by atoms with van der Waals surface area (Å²) >= 11 is 0. The summed E-state index contributed by atoms with van der Waals surface area (Å²) in [6.07, 6.45) is 3.17. The van der Waals surface area contributed by atoms with E-state index < -0.39 is 11.5 Å². The number of hydrogen-bond acceptors (Lipinski definition) is 2. The van der Waals surface area contributed by atoms with Crippen LogP contribution in [0.25, 0.3) is 0 Å². The Hall–Kier alpha value is -1.26. The van der Waals surface area contributed by atoms with Gasteiger partial charge >= 0.3 is 12.0 Å². The van der Waals surface area contributed by atoms with Crippen molar-refractivity contribution in [3.05, 3.63) is 0 Å². The molecule has 0 radical (unpaired) electrons. The van der Waals surface area contributed by atoms with Crippen LogP contribution in [0.2, 0.25) is 0 Å². The van der Waals surface area contributed by atoms with Gasteiger partial charge in [-0.25, -0.2) is 9.59 Å². The molecule has 0 atom stereocenters. The summed E-state index contributed by atoms with van der Waals surface area (Å²) in [6, 6.07) is -0.271. The summed E-state index contributed by atoms with van der Waals surface area (Å²) in [5.41, 5.74) is -1.21. The Balaban J connectivity index is 2.47. The van der Waals surface area contributed by atoms with Gasteiger partial charge in [-0.2, -0.15) is 0 Å². The average molecular weight is 242 g/mol. The van der Waals surface area contributed by atoms with E-state index >= 15 is 0 Å². The van der Waals surface area contributed by atoms with Crippen LogP contribution >= 0.6 is 0 Å². The van der Waals surface area contributed by atoms with Crippen LogP contribution in [0.5, 0.6) is 0 Å². The van der Waals surface area contributed by atoms with Crippen molar-refractivity contribution in [2.24, 2.45) is 5.92 Å². The van der Waals surface area contributed by atoms with Crippen LogP contribution in [-0.2, 0) is 4.79 Å². The predicted molar refractivity (Wildman–Crippen MR) is 64.8 cm³/mol. The van der Waals surface area contributed by atoms with Gasteiger partial charge in [-0.1, -0.05) is 13.3 Å². The summed E-state index contributed by atoms with van der Waals surface area (Å²) in [5.74, 6) is -0.319. The van der Waals surface area contributed by atoms with Gasteiger partial charge in [0, 0.05) is 13.1 Å². The molecule has 0 saturated carbocycles. The minimum Gasteiger partial charge on any atom is -0.480 e. The van der Waals surface area contributed by atoms with Crippen molar-refractivity contribution in [1.29, 1.82) is 0 Å². The van der Waals surface area contributed by atoms with E-state index in [1.807, 2.05) is 0 Å². The third-order valence-electron chi connectivity index (χ3n) is 3.43. The highest BCUT2D eigenvalue weighted by molar-refractivity contribution is 5.85. The first-order chi connectivity index (χ1) is 7.86. The molecule has 1 fully saturated rings. The van der Waals surface area contributed by atoms with Crippen molar-refractivity contribution in [2.45, 2.75) is 45.6 Å². The number of carboxylic acids is 1. The zero-order chi connectivity index (χ0) is 13.1. The quantitative estimate of drug-likeness (QED) is 0.791. The molecule has 98 valence electrons. The van der Waals surface area contributed by atoms with E-state index in [1.165, 1.54) is 13.8 Å². The van der Waals surface area contributed by atoms with Gasteiger partial charge in [0.05, 0.1) is 0 Å². The van der Waals surface area contributed by atoms with Crippen molar-refractivity contribution in [1.82, 2.24) is 10.2 Å². The smallest absolute Gasteiger partial charge is 0.328 e. The lowest BCUT2D eigenvalue weighted by Crippen LogP contribution is -2.55. The van der Waals surface area contributed by atoms with E-state index in [9.17, 15) is 9.59 Å². The van der Waals surface area contributed by atoms with E-state index in [0.717, 1.165) is 32.4 Å². The molecule has 5 heteroatoms. The first kappa shape index (κ1) is 13.8. The van der Waals surface area contributed by atoms with Gasteiger partial charge in [0.1, 0.15) is 5.54 Å². The normalized spacial score (nSPS) is 17.9. The Morgan fingerprint density at radius 3 is 2.29 bits per heavy atom. The van der Waals surface area contributed by atoms with Crippen LogP contribution in [0.1, 0.15) is 40.0 Å². The van der Waals surface area contributed by atoms with Gasteiger partial charge in [-0.05, 0) is 32.6 Å². The summed E-state index contributed by atoms with van der Waals surface area (Å²) < 4.78 is 0. The highest BCUT2D eigenvalue weighted by atomic mass is 16.4. The fraction of sp³-hybridized carbons (Fsp3) is 0.833. The SMILES string of the molecule is CCC1CCN(C(=O)NC(C)(C)C(=O)O)CC1. The minimum atomic E-state index is -1.21. The maximum Gasteiger partial charge on any atom is 0.328 e. The molecular weight excluding hydrogens is 220 g/mol. The van der Waals surface area contributed by atoms with E-state index in [4.69, 9.17) is 5.11 Å². The van der Waals surface area contributed by atoms with Gasteiger partial charge in [-0.3, -0.25) is 0 Å². The lowest BCUT2D eigenvalue weighted by Gasteiger charge is -2.33. The van der Waals surface area contributed by atoms with Crippen LogP contribution in [-0.4, -0.2) is 40.6 Å². The Kier molecular flexibility index (Phi) is 4.37. The number of hydrogen-bond donors (Lipinski definition) is 2. The Bertz CT molecular complexity index is 294. The number of piperidine rings is 1. The highest BCUT2D eigenvalue weighted by Crippen LogP contribution is 2.20. The first-order valence-corrected chi connectivity index (χ1v) is 6.17. The molecule has 1 heterocycles. The van der Waals surface area contributed by atoms with E-state index in [0.29, 0.717) is 5.92 Å². The molecule has 0 aromatic carbocycles. The molecule has 2 N–H and O–H groups in total. The fourth-order valence-electron chi connectivity index (χ4n) is 1.94. The average Bonchev–Trinajstić information content (AvgIpc) is 2.28. The van der Waals surface area contributed by atoms with Crippen molar-refractivity contribution >= 4 is 12.0 Å². The molecule has 17 heavy (non-hydrogen) atoms. The molecule has 0 spiro atoms. The lowest BCUT2D eigenvalue weighted by atomic mass is 9.94. The van der Waals surface area contributed by atoms with Crippen molar-refractivity contribution in [3.63, 3.8) is 0 Å². The van der Waals surface area contributed by atoms with Crippen molar-refractivity contribution < 1.29 is 14.7 Å². The van der Waals surface area contributed by atoms with Gasteiger partial charge in [0.15, 0.2) is 0 Å². The third-order valence-corrected chi connectivity index (χ3v) is 3.43. The van der Waals surface area contributed by atoms with Crippen LogP contribution in [0.15, 0.2) is 0 Å². The van der Waals surface area contributed by atoms with E-state index in [1.54, 1.807) is 4.90 Å². The molecule has 1 aliphatic rings. The van der Waals surface area contributed by atoms with Crippen molar-refractivity contribution in [2.75, 3.05) is 13.1 Å². The number of urea groups is 1. The second-order valence-corrected chi connectivity index (χ2v) is 5.20. The molecule has 2 amide bonds. The van der Waals surface area contributed by atoms with Crippen LogP contribution in [0.4, 0.5) is 4.79 Å². The van der Waals surface area contributed by atoms with E-state index in [2.05, 4.69) is 12.2 Å². The summed E-state index contributed by atoms with van der Waals surface area (Å²) in [4.78, 5) is 24.5. The van der Waals surface area contributed by atoms with Crippen LogP contribution < -0.4 is 5.32 Å². The van der Waals surface area contributed by atoms with Crippen LogP contribution in [0, 0.1) is 5.92 Å². The number of carbonyl (C=O) groups excluding carboxylic acids is 1. The number of nitrogens with one attached hydrogen (secondary N) is 1. The summed E-state index contributed by atoms with van der Waals surface area (Å²) in [5, 5.41) is 11.5. The third kappa shape index (κ3) is 3.61. The number of nitrogens with zero attached hydrogens (tertiary/aromatic N) is 1. The first-order valence-electron chi connectivity index (χ1n) is 6.17.